The molecule has 0 bridgehead atoms. The Kier molecular flexibility index (Phi) is 16.3. The summed E-state index contributed by atoms with van der Waals surface area (Å²) < 4.78 is 32.6. The summed E-state index contributed by atoms with van der Waals surface area (Å²) in [4.78, 5) is 14.5. The van der Waals surface area contributed by atoms with Crippen molar-refractivity contribution >= 4 is 5.97 Å². The normalized spacial score (nSPS) is 14.7. The van der Waals surface area contributed by atoms with Crippen molar-refractivity contribution in [2.45, 2.75) is 64.8 Å². The van der Waals surface area contributed by atoms with Crippen LogP contribution in [-0.2, 0) is 33.2 Å². The Morgan fingerprint density at radius 3 is 2.23 bits per heavy atom. The molecule has 0 spiro atoms. The van der Waals surface area contributed by atoms with Gasteiger partial charge in [0.15, 0.2) is 6.29 Å². The minimum absolute atomic E-state index is 0.0181. The van der Waals surface area contributed by atoms with Crippen molar-refractivity contribution in [3.8, 4) is 0 Å². The van der Waals surface area contributed by atoms with E-state index in [0.29, 0.717) is 6.61 Å². The van der Waals surface area contributed by atoms with Crippen LogP contribution in [-0.4, -0.2) is 99.2 Å². The van der Waals surface area contributed by atoms with Crippen LogP contribution in [0.3, 0.4) is 0 Å². The molecule has 2 N–H and O–H groups in total. The van der Waals surface area contributed by atoms with Gasteiger partial charge in [0.05, 0.1) is 45.7 Å². The van der Waals surface area contributed by atoms with E-state index in [4.69, 9.17) is 34.0 Å². The van der Waals surface area contributed by atoms with Gasteiger partial charge in [-0.15, -0.1) is 0 Å². The maximum Gasteiger partial charge on any atom is 0.332 e. The maximum atomic E-state index is 11.8. The zero-order chi connectivity index (χ0) is 23.7. The van der Waals surface area contributed by atoms with Gasteiger partial charge in [-0.3, -0.25) is 0 Å². The van der Waals surface area contributed by atoms with Crippen molar-refractivity contribution in [1.82, 2.24) is 0 Å². The van der Waals surface area contributed by atoms with Gasteiger partial charge in [-0.05, 0) is 40.1 Å². The van der Waals surface area contributed by atoms with E-state index in [9.17, 15) is 15.0 Å². The summed E-state index contributed by atoms with van der Waals surface area (Å²) in [7, 11) is 0. The molecule has 182 valence electrons. The molecule has 0 aromatic carbocycles. The fourth-order valence-corrected chi connectivity index (χ4v) is 2.24. The smallest absolute Gasteiger partial charge is 0.332 e. The number of nitrogens with zero attached hydrogens (tertiary/aromatic N) is 3. The molecule has 3 unspecified atom stereocenters. The molecule has 0 aliphatic heterocycles. The third-order valence-electron chi connectivity index (χ3n) is 3.52. The van der Waals surface area contributed by atoms with E-state index in [2.05, 4.69) is 10.0 Å². The molecule has 12 nitrogen and oxygen atoms in total. The number of carbonyl (C=O) groups is 1. The summed E-state index contributed by atoms with van der Waals surface area (Å²) in [5.41, 5.74) is 7.95. The van der Waals surface area contributed by atoms with E-state index in [-0.39, 0.29) is 33.0 Å². The van der Waals surface area contributed by atoms with Crippen LogP contribution in [0.25, 0.3) is 10.4 Å². The van der Waals surface area contributed by atoms with Crippen LogP contribution in [0.15, 0.2) is 5.11 Å². The molecular weight excluding hydrogens is 414 g/mol. The first kappa shape index (κ1) is 29.5. The molecule has 3 atom stereocenters. The van der Waals surface area contributed by atoms with Crippen LogP contribution in [0.5, 0.6) is 0 Å². The monoisotopic (exact) mass is 451 g/mol. The highest BCUT2D eigenvalue weighted by atomic mass is 16.7. The molecule has 12 heteroatoms. The Morgan fingerprint density at radius 1 is 1.03 bits per heavy atom. The molecule has 31 heavy (non-hydrogen) atoms. The van der Waals surface area contributed by atoms with Gasteiger partial charge in [0.25, 0.3) is 0 Å². The summed E-state index contributed by atoms with van der Waals surface area (Å²) in [5.74, 6) is -0.535. The number of rotatable bonds is 18. The first-order chi connectivity index (χ1) is 14.6. The molecule has 0 heterocycles. The number of aliphatic hydroxyl groups is 2. The largest absolute Gasteiger partial charge is 0.458 e. The van der Waals surface area contributed by atoms with Crippen LogP contribution in [0.4, 0.5) is 0 Å². The fourth-order valence-electron chi connectivity index (χ4n) is 2.24. The average molecular weight is 452 g/mol. The Balaban J connectivity index is 4.80. The molecular formula is C19H37N3O9. The van der Waals surface area contributed by atoms with E-state index >= 15 is 0 Å². The predicted molar refractivity (Wildman–Crippen MR) is 110 cm³/mol. The minimum atomic E-state index is -0.844. The number of azide groups is 1. The highest BCUT2D eigenvalue weighted by Gasteiger charge is 2.21. The lowest BCUT2D eigenvalue weighted by Gasteiger charge is -2.25. The standard InChI is InChI=1S/C19H37N3O9/c1-6-27-14(2)28-11-15(7-21-22-20)29-12-17(30-16(8-23)9-24)10-26-13-18(25)31-19(3,4)5/h14-17,23-24H,6-13H2,1-5H3. The second-order valence-corrected chi connectivity index (χ2v) is 7.57. The lowest BCUT2D eigenvalue weighted by molar-refractivity contribution is -0.169. The Morgan fingerprint density at radius 2 is 1.68 bits per heavy atom. The highest BCUT2D eigenvalue weighted by Crippen LogP contribution is 2.08. The van der Waals surface area contributed by atoms with Gasteiger partial charge in [0.2, 0.25) is 0 Å². The molecule has 0 aliphatic carbocycles. The van der Waals surface area contributed by atoms with Crippen molar-refractivity contribution in [3.63, 3.8) is 0 Å². The number of hydrogen-bond acceptors (Lipinski definition) is 10. The third kappa shape index (κ3) is 16.8. The van der Waals surface area contributed by atoms with Gasteiger partial charge in [-0.25, -0.2) is 4.79 Å². The minimum Gasteiger partial charge on any atom is -0.458 e. The van der Waals surface area contributed by atoms with Crippen LogP contribution in [0, 0.1) is 0 Å². The third-order valence-corrected chi connectivity index (χ3v) is 3.52. The zero-order valence-corrected chi connectivity index (χ0v) is 19.1. The number of aliphatic hydroxyl groups excluding tert-OH is 2. The Labute approximate surface area is 183 Å². The summed E-state index contributed by atoms with van der Waals surface area (Å²) in [5, 5.41) is 22.1. The lowest BCUT2D eigenvalue weighted by Crippen LogP contribution is -2.37. The predicted octanol–water partition coefficient (Wildman–Crippen LogP) is 1.18. The van der Waals surface area contributed by atoms with E-state index in [0.717, 1.165) is 0 Å². The Hall–Kier alpha value is -1.50. The topological polar surface area (TPSA) is 162 Å². The van der Waals surface area contributed by atoms with Crippen molar-refractivity contribution in [2.24, 2.45) is 5.11 Å². The number of esters is 1. The zero-order valence-electron chi connectivity index (χ0n) is 19.1. The average Bonchev–Trinajstić information content (AvgIpc) is 2.69. The second kappa shape index (κ2) is 17.1. The first-order valence-electron chi connectivity index (χ1n) is 10.2. The van der Waals surface area contributed by atoms with Crippen molar-refractivity contribution in [3.05, 3.63) is 10.4 Å². The summed E-state index contributed by atoms with van der Waals surface area (Å²) in [6, 6.07) is 0. The quantitative estimate of drug-likeness (QED) is 0.102. The van der Waals surface area contributed by atoms with E-state index in [1.165, 1.54) is 0 Å². The highest BCUT2D eigenvalue weighted by molar-refractivity contribution is 5.71. The lowest BCUT2D eigenvalue weighted by atomic mass is 10.2. The van der Waals surface area contributed by atoms with Crippen LogP contribution >= 0.6 is 0 Å². The Bertz CT molecular complexity index is 520. The fraction of sp³-hybridized carbons (Fsp3) is 0.947. The molecule has 0 saturated carbocycles. The molecule has 0 amide bonds. The summed E-state index contributed by atoms with van der Waals surface area (Å²) in [6.07, 6.45) is -2.61. The molecule has 0 radical (unpaired) electrons. The van der Waals surface area contributed by atoms with E-state index in [1.807, 2.05) is 6.92 Å². The maximum absolute atomic E-state index is 11.8. The molecule has 0 aromatic heterocycles. The van der Waals surface area contributed by atoms with Crippen LogP contribution in [0.1, 0.15) is 34.6 Å². The van der Waals surface area contributed by atoms with Gasteiger partial charge in [-0.2, -0.15) is 0 Å². The van der Waals surface area contributed by atoms with Crippen molar-refractivity contribution in [2.75, 3.05) is 52.8 Å². The second-order valence-electron chi connectivity index (χ2n) is 7.57. The van der Waals surface area contributed by atoms with Gasteiger partial charge >= 0.3 is 5.97 Å². The first-order valence-corrected chi connectivity index (χ1v) is 10.2. The number of carbonyl (C=O) groups excluding carboxylic acids is 1. The van der Waals surface area contributed by atoms with Gasteiger partial charge in [-0.1, -0.05) is 5.11 Å². The molecule has 0 rings (SSSR count). The summed E-state index contributed by atoms with van der Waals surface area (Å²) >= 11 is 0. The summed E-state index contributed by atoms with van der Waals surface area (Å²) in [6.45, 7) is 8.23. The van der Waals surface area contributed by atoms with Gasteiger partial charge < -0.3 is 38.6 Å². The molecule has 0 aliphatic rings. The van der Waals surface area contributed by atoms with Gasteiger partial charge in [0, 0.05) is 11.5 Å². The van der Waals surface area contributed by atoms with Crippen LogP contribution in [0.2, 0.25) is 0 Å². The van der Waals surface area contributed by atoms with E-state index in [1.54, 1.807) is 27.7 Å². The van der Waals surface area contributed by atoms with Crippen molar-refractivity contribution in [1.29, 1.82) is 0 Å². The van der Waals surface area contributed by atoms with Crippen LogP contribution < -0.4 is 0 Å². The molecule has 0 fully saturated rings. The van der Waals surface area contributed by atoms with E-state index < -0.39 is 49.4 Å². The molecule has 0 saturated heterocycles. The molecule has 0 aromatic rings. The number of ether oxygens (including phenoxy) is 6. The SMILES string of the molecule is CCOC(C)OCC(CN=[N+]=[N-])OCC(COCC(=O)OC(C)(C)C)OC(CO)CO. The van der Waals surface area contributed by atoms with Crippen molar-refractivity contribution < 1.29 is 43.4 Å². The van der Waals surface area contributed by atoms with Gasteiger partial charge in [0.1, 0.15) is 24.4 Å². The number of hydrogen-bond donors (Lipinski definition) is 2.